The summed E-state index contributed by atoms with van der Waals surface area (Å²) >= 11 is 5.92. The normalized spacial score (nSPS) is 17.3. The van der Waals surface area contributed by atoms with E-state index in [4.69, 9.17) is 11.6 Å². The highest BCUT2D eigenvalue weighted by atomic mass is 35.5. The quantitative estimate of drug-likeness (QED) is 0.856. The lowest BCUT2D eigenvalue weighted by atomic mass is 9.83. The van der Waals surface area contributed by atoms with Crippen molar-refractivity contribution >= 4 is 17.5 Å². The lowest BCUT2D eigenvalue weighted by Gasteiger charge is -2.38. The summed E-state index contributed by atoms with van der Waals surface area (Å²) in [6.45, 7) is 10.8. The minimum Gasteiger partial charge on any atom is -0.339 e. The fourth-order valence-electron chi connectivity index (χ4n) is 2.65. The van der Waals surface area contributed by atoms with Gasteiger partial charge in [-0.2, -0.15) is 0 Å². The van der Waals surface area contributed by atoms with Gasteiger partial charge in [0.25, 0.3) is 0 Å². The van der Waals surface area contributed by atoms with Gasteiger partial charge in [-0.25, -0.2) is 0 Å². The Balaban J connectivity index is 2.09. The molecule has 2 rings (SSSR count). The molecule has 1 aliphatic heterocycles. The van der Waals surface area contributed by atoms with Crippen LogP contribution in [0.3, 0.4) is 0 Å². The average molecular weight is 295 g/mol. The molecule has 1 amide bonds. The van der Waals surface area contributed by atoms with Crippen LogP contribution >= 0.6 is 11.6 Å². The molecule has 0 radical (unpaired) electrons. The molecule has 0 aliphatic carbocycles. The summed E-state index contributed by atoms with van der Waals surface area (Å²) in [6, 6.07) is 7.59. The number of hydrogen-bond acceptors (Lipinski definition) is 2. The van der Waals surface area contributed by atoms with Gasteiger partial charge < -0.3 is 9.80 Å². The largest absolute Gasteiger partial charge is 0.339 e. The summed E-state index contributed by atoms with van der Waals surface area (Å²) < 4.78 is 0. The van der Waals surface area contributed by atoms with Crippen molar-refractivity contribution in [2.45, 2.75) is 26.2 Å². The number of benzene rings is 1. The van der Waals surface area contributed by atoms with Gasteiger partial charge in [0.15, 0.2) is 0 Å². The van der Waals surface area contributed by atoms with Crippen molar-refractivity contribution in [2.24, 2.45) is 0 Å². The monoisotopic (exact) mass is 294 g/mol. The van der Waals surface area contributed by atoms with Crippen molar-refractivity contribution in [1.82, 2.24) is 9.80 Å². The van der Waals surface area contributed by atoms with Gasteiger partial charge in [0.05, 0.1) is 5.41 Å². The van der Waals surface area contributed by atoms with E-state index in [9.17, 15) is 4.79 Å². The molecule has 1 aromatic carbocycles. The third-order valence-corrected chi connectivity index (χ3v) is 4.46. The Labute approximate surface area is 126 Å². The van der Waals surface area contributed by atoms with Crippen molar-refractivity contribution in [3.63, 3.8) is 0 Å². The number of carbonyl (C=O) groups is 1. The SMILES string of the molecule is CCN1CCN(C(=O)C(C)(C)c2ccc(Cl)cc2)CC1. The number of rotatable bonds is 3. The molecule has 0 atom stereocenters. The number of amides is 1. The van der Waals surface area contributed by atoms with E-state index < -0.39 is 5.41 Å². The van der Waals surface area contributed by atoms with Gasteiger partial charge in [0.1, 0.15) is 0 Å². The zero-order valence-electron chi connectivity index (χ0n) is 12.5. The van der Waals surface area contributed by atoms with Crippen LogP contribution in [0.5, 0.6) is 0 Å². The number of hydrogen-bond donors (Lipinski definition) is 0. The average Bonchev–Trinajstić information content (AvgIpc) is 2.47. The van der Waals surface area contributed by atoms with Crippen LogP contribution in [0.25, 0.3) is 0 Å². The molecule has 20 heavy (non-hydrogen) atoms. The minimum atomic E-state index is -0.501. The molecule has 1 fully saturated rings. The number of carbonyl (C=O) groups excluding carboxylic acids is 1. The van der Waals surface area contributed by atoms with Gasteiger partial charge >= 0.3 is 0 Å². The maximum Gasteiger partial charge on any atom is 0.232 e. The summed E-state index contributed by atoms with van der Waals surface area (Å²) in [5.74, 6) is 0.204. The van der Waals surface area contributed by atoms with Crippen LogP contribution < -0.4 is 0 Å². The van der Waals surface area contributed by atoms with Crippen molar-refractivity contribution in [3.8, 4) is 0 Å². The molecule has 0 spiro atoms. The van der Waals surface area contributed by atoms with E-state index >= 15 is 0 Å². The maximum absolute atomic E-state index is 12.8. The molecule has 0 bridgehead atoms. The van der Waals surface area contributed by atoms with Crippen LogP contribution in [-0.4, -0.2) is 48.4 Å². The molecule has 0 unspecified atom stereocenters. The van der Waals surface area contributed by atoms with E-state index in [2.05, 4.69) is 11.8 Å². The zero-order chi connectivity index (χ0) is 14.8. The first-order chi connectivity index (χ1) is 9.45. The molecule has 4 heteroatoms. The smallest absolute Gasteiger partial charge is 0.232 e. The number of halogens is 1. The highest BCUT2D eigenvalue weighted by Crippen LogP contribution is 2.27. The standard InChI is InChI=1S/C16H23ClN2O/c1-4-18-9-11-19(12-10-18)15(20)16(2,3)13-5-7-14(17)8-6-13/h5-8H,4,9-12H2,1-3H3. The third-order valence-electron chi connectivity index (χ3n) is 4.21. The van der Waals surface area contributed by atoms with Gasteiger partial charge in [-0.15, -0.1) is 0 Å². The maximum atomic E-state index is 12.8. The van der Waals surface area contributed by atoms with Gasteiger partial charge in [-0.1, -0.05) is 30.7 Å². The Kier molecular flexibility index (Phi) is 4.71. The Morgan fingerprint density at radius 3 is 2.20 bits per heavy atom. The second-order valence-electron chi connectivity index (χ2n) is 5.86. The van der Waals surface area contributed by atoms with Gasteiger partial charge in [-0.3, -0.25) is 4.79 Å². The molecular weight excluding hydrogens is 272 g/mol. The topological polar surface area (TPSA) is 23.6 Å². The van der Waals surface area contributed by atoms with E-state index in [0.29, 0.717) is 5.02 Å². The highest BCUT2D eigenvalue weighted by Gasteiger charge is 2.34. The molecule has 0 saturated carbocycles. The Morgan fingerprint density at radius 1 is 1.15 bits per heavy atom. The van der Waals surface area contributed by atoms with E-state index in [-0.39, 0.29) is 5.91 Å². The highest BCUT2D eigenvalue weighted by molar-refractivity contribution is 6.30. The first-order valence-electron chi connectivity index (χ1n) is 7.23. The Morgan fingerprint density at radius 2 is 1.70 bits per heavy atom. The summed E-state index contributed by atoms with van der Waals surface area (Å²) in [5, 5.41) is 0.702. The van der Waals surface area contributed by atoms with E-state index in [1.807, 2.05) is 43.0 Å². The first kappa shape index (κ1) is 15.3. The molecule has 110 valence electrons. The molecule has 0 N–H and O–H groups in total. The molecule has 1 heterocycles. The van der Waals surface area contributed by atoms with Crippen LogP contribution in [0.4, 0.5) is 0 Å². The van der Waals surface area contributed by atoms with Gasteiger partial charge in [0.2, 0.25) is 5.91 Å². The van der Waals surface area contributed by atoms with Crippen LogP contribution in [-0.2, 0) is 10.2 Å². The molecule has 1 aromatic rings. The zero-order valence-corrected chi connectivity index (χ0v) is 13.3. The van der Waals surface area contributed by atoms with Crippen molar-refractivity contribution < 1.29 is 4.79 Å². The minimum absolute atomic E-state index is 0.204. The van der Waals surface area contributed by atoms with Crippen LogP contribution in [0.15, 0.2) is 24.3 Å². The molecule has 1 aliphatic rings. The molecule has 1 saturated heterocycles. The van der Waals surface area contributed by atoms with Crippen LogP contribution in [0, 0.1) is 0 Å². The van der Waals surface area contributed by atoms with E-state index in [0.717, 1.165) is 38.3 Å². The fraction of sp³-hybridized carbons (Fsp3) is 0.562. The summed E-state index contributed by atoms with van der Waals surface area (Å²) in [6.07, 6.45) is 0. The lowest BCUT2D eigenvalue weighted by molar-refractivity contribution is -0.138. The van der Waals surface area contributed by atoms with Crippen molar-refractivity contribution in [3.05, 3.63) is 34.9 Å². The number of nitrogens with zero attached hydrogens (tertiary/aromatic N) is 2. The van der Waals surface area contributed by atoms with Crippen molar-refractivity contribution in [1.29, 1.82) is 0 Å². The molecule has 3 nitrogen and oxygen atoms in total. The summed E-state index contributed by atoms with van der Waals surface area (Å²) in [7, 11) is 0. The second kappa shape index (κ2) is 6.15. The van der Waals surface area contributed by atoms with Crippen LogP contribution in [0.2, 0.25) is 5.02 Å². The third kappa shape index (κ3) is 3.15. The van der Waals surface area contributed by atoms with Crippen molar-refractivity contribution in [2.75, 3.05) is 32.7 Å². The Hall–Kier alpha value is -1.06. The Bertz CT molecular complexity index is 462. The molecule has 0 aromatic heterocycles. The van der Waals surface area contributed by atoms with Crippen LogP contribution in [0.1, 0.15) is 26.3 Å². The number of likely N-dealkylation sites (N-methyl/N-ethyl adjacent to an activating group) is 1. The first-order valence-corrected chi connectivity index (χ1v) is 7.60. The van der Waals surface area contributed by atoms with E-state index in [1.165, 1.54) is 0 Å². The summed E-state index contributed by atoms with van der Waals surface area (Å²) in [5.41, 5.74) is 0.517. The van der Waals surface area contributed by atoms with Gasteiger partial charge in [-0.05, 0) is 38.1 Å². The molecular formula is C16H23ClN2O. The predicted octanol–water partition coefficient (Wildman–Crippen LogP) is 2.78. The summed E-state index contributed by atoms with van der Waals surface area (Å²) in [4.78, 5) is 17.1. The van der Waals surface area contributed by atoms with E-state index in [1.54, 1.807) is 0 Å². The fourth-order valence-corrected chi connectivity index (χ4v) is 2.78. The number of piperazine rings is 1. The van der Waals surface area contributed by atoms with Gasteiger partial charge in [0, 0.05) is 31.2 Å². The predicted molar refractivity (Wildman–Crippen MR) is 83.2 cm³/mol. The lowest BCUT2D eigenvalue weighted by Crippen LogP contribution is -2.53. The second-order valence-corrected chi connectivity index (χ2v) is 6.29.